The Balaban J connectivity index is 2.36. The van der Waals surface area contributed by atoms with E-state index in [9.17, 15) is 0 Å². The zero-order chi connectivity index (χ0) is 10.8. The lowest BCUT2D eigenvalue weighted by Gasteiger charge is -2.08. The third kappa shape index (κ3) is 2.02. The number of aromatic nitrogens is 2. The molecule has 1 N–H and O–H groups in total. The second-order valence-electron chi connectivity index (χ2n) is 4.11. The fourth-order valence-electron chi connectivity index (χ4n) is 1.68. The zero-order valence-electron chi connectivity index (χ0n) is 9.49. The number of hydrogen-bond donors (Lipinski definition) is 1. The van der Waals surface area contributed by atoms with E-state index in [-0.39, 0.29) is 0 Å². The summed E-state index contributed by atoms with van der Waals surface area (Å²) in [7, 11) is 0. The molecule has 0 bridgehead atoms. The number of fused-ring (bicyclic) bond motifs is 1. The Morgan fingerprint density at radius 2 is 2.20 bits per heavy atom. The van der Waals surface area contributed by atoms with E-state index in [0.717, 1.165) is 17.9 Å². The Morgan fingerprint density at radius 1 is 1.40 bits per heavy atom. The highest BCUT2D eigenvalue weighted by atomic mass is 15.0. The Kier molecular flexibility index (Phi) is 2.73. The summed E-state index contributed by atoms with van der Waals surface area (Å²) in [5.74, 6) is 0. The second kappa shape index (κ2) is 4.03. The van der Waals surface area contributed by atoms with Gasteiger partial charge in [0, 0.05) is 18.8 Å². The van der Waals surface area contributed by atoms with Crippen LogP contribution < -0.4 is 5.32 Å². The van der Waals surface area contributed by atoms with Gasteiger partial charge in [-0.15, -0.1) is 0 Å². The number of nitrogens with one attached hydrogen (secondary N) is 1. The molecule has 2 aromatic heterocycles. The number of hydrogen-bond acceptors (Lipinski definition) is 2. The summed E-state index contributed by atoms with van der Waals surface area (Å²) < 4.78 is 2.14. The number of rotatable bonds is 3. The SMILES string of the molecule is Cc1nc2ccccn2c1CNC(C)C. The van der Waals surface area contributed by atoms with Crippen LogP contribution in [-0.2, 0) is 6.54 Å². The van der Waals surface area contributed by atoms with Crippen molar-refractivity contribution in [3.05, 3.63) is 35.8 Å². The predicted molar refractivity (Wildman–Crippen MR) is 61.9 cm³/mol. The lowest BCUT2D eigenvalue weighted by atomic mass is 10.3. The van der Waals surface area contributed by atoms with Crippen LogP contribution in [0.25, 0.3) is 5.65 Å². The van der Waals surface area contributed by atoms with Gasteiger partial charge in [0.05, 0.1) is 11.4 Å². The Labute approximate surface area is 90.1 Å². The van der Waals surface area contributed by atoms with Crippen molar-refractivity contribution < 1.29 is 0 Å². The quantitative estimate of drug-likeness (QED) is 0.828. The van der Waals surface area contributed by atoms with Gasteiger partial charge in [-0.25, -0.2) is 4.98 Å². The summed E-state index contributed by atoms with van der Waals surface area (Å²) in [4.78, 5) is 4.51. The molecule has 15 heavy (non-hydrogen) atoms. The van der Waals surface area contributed by atoms with Crippen LogP contribution in [0.15, 0.2) is 24.4 Å². The van der Waals surface area contributed by atoms with Crippen molar-refractivity contribution >= 4 is 5.65 Å². The van der Waals surface area contributed by atoms with Crippen molar-refractivity contribution in [3.8, 4) is 0 Å². The first-order valence-corrected chi connectivity index (χ1v) is 5.34. The van der Waals surface area contributed by atoms with E-state index in [4.69, 9.17) is 0 Å². The number of nitrogens with zero attached hydrogens (tertiary/aromatic N) is 2. The van der Waals surface area contributed by atoms with Crippen LogP contribution in [0, 0.1) is 6.92 Å². The molecule has 0 fully saturated rings. The van der Waals surface area contributed by atoms with E-state index >= 15 is 0 Å². The summed E-state index contributed by atoms with van der Waals surface area (Å²) in [6.45, 7) is 7.23. The highest BCUT2D eigenvalue weighted by Gasteiger charge is 2.07. The molecular weight excluding hydrogens is 186 g/mol. The molecule has 3 nitrogen and oxygen atoms in total. The van der Waals surface area contributed by atoms with Crippen LogP contribution in [0.4, 0.5) is 0 Å². The van der Waals surface area contributed by atoms with Crippen molar-refractivity contribution in [2.24, 2.45) is 0 Å². The van der Waals surface area contributed by atoms with Gasteiger partial charge < -0.3 is 9.72 Å². The fourth-order valence-corrected chi connectivity index (χ4v) is 1.68. The van der Waals surface area contributed by atoms with Gasteiger partial charge in [-0.05, 0) is 19.1 Å². The van der Waals surface area contributed by atoms with Gasteiger partial charge in [-0.3, -0.25) is 0 Å². The maximum Gasteiger partial charge on any atom is 0.137 e. The minimum absolute atomic E-state index is 0.499. The molecule has 0 spiro atoms. The maximum absolute atomic E-state index is 4.51. The summed E-state index contributed by atoms with van der Waals surface area (Å²) in [6, 6.07) is 6.58. The van der Waals surface area contributed by atoms with Gasteiger partial charge in [0.25, 0.3) is 0 Å². The number of imidazole rings is 1. The van der Waals surface area contributed by atoms with Crippen molar-refractivity contribution in [2.75, 3.05) is 0 Å². The van der Waals surface area contributed by atoms with Crippen LogP contribution in [0.1, 0.15) is 25.2 Å². The molecule has 0 aliphatic rings. The Hall–Kier alpha value is -1.35. The second-order valence-corrected chi connectivity index (χ2v) is 4.11. The average molecular weight is 203 g/mol. The van der Waals surface area contributed by atoms with Crippen molar-refractivity contribution in [1.29, 1.82) is 0 Å². The molecule has 3 heteroatoms. The van der Waals surface area contributed by atoms with Crippen LogP contribution in [0.3, 0.4) is 0 Å². The van der Waals surface area contributed by atoms with Crippen LogP contribution in [0.5, 0.6) is 0 Å². The van der Waals surface area contributed by atoms with Crippen molar-refractivity contribution in [2.45, 2.75) is 33.4 Å². The van der Waals surface area contributed by atoms with Crippen LogP contribution in [-0.4, -0.2) is 15.4 Å². The highest BCUT2D eigenvalue weighted by Crippen LogP contribution is 2.11. The van der Waals surface area contributed by atoms with E-state index in [1.54, 1.807) is 0 Å². The van der Waals surface area contributed by atoms with Gasteiger partial charge in [-0.1, -0.05) is 19.9 Å². The van der Waals surface area contributed by atoms with Gasteiger partial charge >= 0.3 is 0 Å². The summed E-state index contributed by atoms with van der Waals surface area (Å²) in [6.07, 6.45) is 2.06. The van der Waals surface area contributed by atoms with Crippen molar-refractivity contribution in [3.63, 3.8) is 0 Å². The third-order valence-corrected chi connectivity index (χ3v) is 2.51. The monoisotopic (exact) mass is 203 g/mol. The smallest absolute Gasteiger partial charge is 0.137 e. The molecule has 0 radical (unpaired) electrons. The minimum Gasteiger partial charge on any atom is -0.309 e. The molecule has 2 aromatic rings. The van der Waals surface area contributed by atoms with E-state index < -0.39 is 0 Å². The first kappa shape index (κ1) is 10.2. The predicted octanol–water partition coefficient (Wildman–Crippen LogP) is 2.14. The van der Waals surface area contributed by atoms with E-state index in [1.807, 2.05) is 18.2 Å². The summed E-state index contributed by atoms with van der Waals surface area (Å²) in [5, 5.41) is 3.42. The average Bonchev–Trinajstić information content (AvgIpc) is 2.50. The molecule has 2 rings (SSSR count). The van der Waals surface area contributed by atoms with Gasteiger partial charge in [0.15, 0.2) is 0 Å². The van der Waals surface area contributed by atoms with E-state index in [0.29, 0.717) is 6.04 Å². The molecule has 0 aromatic carbocycles. The topological polar surface area (TPSA) is 29.3 Å². The lowest BCUT2D eigenvalue weighted by molar-refractivity contribution is 0.578. The first-order valence-electron chi connectivity index (χ1n) is 5.34. The highest BCUT2D eigenvalue weighted by molar-refractivity contribution is 5.42. The molecule has 0 unspecified atom stereocenters. The van der Waals surface area contributed by atoms with E-state index in [2.05, 4.69) is 41.7 Å². The maximum atomic E-state index is 4.51. The Morgan fingerprint density at radius 3 is 2.93 bits per heavy atom. The third-order valence-electron chi connectivity index (χ3n) is 2.51. The summed E-state index contributed by atoms with van der Waals surface area (Å²) >= 11 is 0. The molecule has 2 heterocycles. The normalized spacial score (nSPS) is 11.5. The number of aryl methyl sites for hydroxylation is 1. The molecule has 0 atom stereocenters. The number of pyridine rings is 1. The van der Waals surface area contributed by atoms with Gasteiger partial charge in [0.2, 0.25) is 0 Å². The molecular formula is C12H17N3. The van der Waals surface area contributed by atoms with Crippen LogP contribution in [0.2, 0.25) is 0 Å². The molecule has 0 aliphatic carbocycles. The summed E-state index contributed by atoms with van der Waals surface area (Å²) in [5.41, 5.74) is 3.38. The molecule has 0 saturated heterocycles. The standard InChI is InChI=1S/C12H17N3/c1-9(2)13-8-11-10(3)14-12-6-4-5-7-15(11)12/h4-7,9,13H,8H2,1-3H3. The fraction of sp³-hybridized carbons (Fsp3) is 0.417. The largest absolute Gasteiger partial charge is 0.309 e. The van der Waals surface area contributed by atoms with Crippen molar-refractivity contribution in [1.82, 2.24) is 14.7 Å². The minimum atomic E-state index is 0.499. The molecule has 0 saturated carbocycles. The zero-order valence-corrected chi connectivity index (χ0v) is 9.49. The molecule has 80 valence electrons. The van der Waals surface area contributed by atoms with Crippen LogP contribution >= 0.6 is 0 Å². The molecule has 0 aliphatic heterocycles. The molecule has 0 amide bonds. The van der Waals surface area contributed by atoms with E-state index in [1.165, 1.54) is 5.69 Å². The van der Waals surface area contributed by atoms with Gasteiger partial charge in [-0.2, -0.15) is 0 Å². The first-order chi connectivity index (χ1) is 7.18. The lowest BCUT2D eigenvalue weighted by Crippen LogP contribution is -2.23. The Bertz CT molecular complexity index is 457. The van der Waals surface area contributed by atoms with Gasteiger partial charge in [0.1, 0.15) is 5.65 Å².